The molecule has 0 aliphatic heterocycles. The molecule has 1 aliphatic carbocycles. The van der Waals surface area contributed by atoms with Gasteiger partial charge in [0, 0.05) is 12.1 Å². The summed E-state index contributed by atoms with van der Waals surface area (Å²) in [5.41, 5.74) is -0.0176. The minimum Gasteiger partial charge on any atom is -0.349 e. The number of hydrogen-bond acceptors (Lipinski definition) is 4. The van der Waals surface area contributed by atoms with Gasteiger partial charge in [0.2, 0.25) is 0 Å². The summed E-state index contributed by atoms with van der Waals surface area (Å²) >= 11 is 1.10. The van der Waals surface area contributed by atoms with E-state index < -0.39 is 4.92 Å². The molecule has 14 heavy (non-hydrogen) atoms. The van der Waals surface area contributed by atoms with E-state index in [9.17, 15) is 14.9 Å². The molecule has 0 saturated heterocycles. The number of rotatable bonds is 3. The van der Waals surface area contributed by atoms with Crippen LogP contribution in [-0.2, 0) is 0 Å². The predicted molar refractivity (Wildman–Crippen MR) is 51.5 cm³/mol. The van der Waals surface area contributed by atoms with Crippen LogP contribution in [0.25, 0.3) is 0 Å². The highest BCUT2D eigenvalue weighted by Crippen LogP contribution is 2.23. The van der Waals surface area contributed by atoms with Crippen molar-refractivity contribution in [3.8, 4) is 0 Å². The van der Waals surface area contributed by atoms with Gasteiger partial charge in [-0.3, -0.25) is 14.9 Å². The molecule has 5 nitrogen and oxygen atoms in total. The quantitative estimate of drug-likeness (QED) is 0.610. The van der Waals surface area contributed by atoms with E-state index in [0.29, 0.717) is 4.88 Å². The Morgan fingerprint density at radius 1 is 1.64 bits per heavy atom. The van der Waals surface area contributed by atoms with Crippen LogP contribution in [0.2, 0.25) is 0 Å². The summed E-state index contributed by atoms with van der Waals surface area (Å²) in [5, 5.41) is 14.5. The molecular formula is C8H8N2O3S. The maximum Gasteiger partial charge on any atom is 0.280 e. The molecule has 1 saturated carbocycles. The van der Waals surface area contributed by atoms with E-state index in [2.05, 4.69) is 5.32 Å². The maximum atomic E-state index is 11.4. The molecule has 0 aromatic carbocycles. The first-order chi connectivity index (χ1) is 6.66. The third kappa shape index (κ3) is 1.90. The third-order valence-electron chi connectivity index (χ3n) is 1.93. The van der Waals surface area contributed by atoms with Crippen LogP contribution in [0.5, 0.6) is 0 Å². The first-order valence-electron chi connectivity index (χ1n) is 4.20. The van der Waals surface area contributed by atoms with Gasteiger partial charge >= 0.3 is 0 Å². The number of nitrogens with zero attached hydrogens (tertiary/aromatic N) is 1. The number of carbonyl (C=O) groups excluding carboxylic acids is 1. The predicted octanol–water partition coefficient (Wildman–Crippen LogP) is 1.55. The van der Waals surface area contributed by atoms with Crippen molar-refractivity contribution < 1.29 is 9.72 Å². The van der Waals surface area contributed by atoms with Crippen molar-refractivity contribution in [3.05, 3.63) is 26.4 Å². The number of amides is 1. The lowest BCUT2D eigenvalue weighted by Gasteiger charge is -1.97. The molecule has 1 amide bonds. The Hall–Kier alpha value is -1.43. The first-order valence-corrected chi connectivity index (χ1v) is 5.08. The van der Waals surface area contributed by atoms with E-state index >= 15 is 0 Å². The zero-order valence-electron chi connectivity index (χ0n) is 7.23. The molecule has 0 atom stereocenters. The molecule has 1 fully saturated rings. The van der Waals surface area contributed by atoms with E-state index in [-0.39, 0.29) is 17.6 Å². The van der Waals surface area contributed by atoms with Crippen LogP contribution >= 0.6 is 11.3 Å². The lowest BCUT2D eigenvalue weighted by molar-refractivity contribution is -0.384. The van der Waals surface area contributed by atoms with Gasteiger partial charge in [0.15, 0.2) is 0 Å². The largest absolute Gasteiger partial charge is 0.349 e. The van der Waals surface area contributed by atoms with E-state index in [1.165, 1.54) is 11.4 Å². The van der Waals surface area contributed by atoms with Gasteiger partial charge in [-0.05, 0) is 12.8 Å². The number of nitrogens with one attached hydrogen (secondary N) is 1. The van der Waals surface area contributed by atoms with Crippen LogP contribution in [0.3, 0.4) is 0 Å². The molecular weight excluding hydrogens is 204 g/mol. The van der Waals surface area contributed by atoms with Crippen LogP contribution in [0.1, 0.15) is 22.5 Å². The summed E-state index contributed by atoms with van der Waals surface area (Å²) in [6, 6.07) is 1.59. The van der Waals surface area contributed by atoms with Gasteiger partial charge in [-0.15, -0.1) is 11.3 Å². The molecule has 1 aromatic heterocycles. The maximum absolute atomic E-state index is 11.4. The fraction of sp³-hybridized carbons (Fsp3) is 0.375. The lowest BCUT2D eigenvalue weighted by atomic mass is 10.4. The third-order valence-corrected chi connectivity index (χ3v) is 2.85. The standard InChI is InChI=1S/C8H8N2O3S/c11-8(9-5-1-2-5)7-3-6(4-14-7)10(12)13/h3-5H,1-2H2,(H,9,11). The highest BCUT2D eigenvalue weighted by Gasteiger charge is 2.25. The van der Waals surface area contributed by atoms with Crippen LogP contribution in [0.15, 0.2) is 11.4 Å². The van der Waals surface area contributed by atoms with E-state index in [1.54, 1.807) is 0 Å². The van der Waals surface area contributed by atoms with E-state index in [0.717, 1.165) is 24.2 Å². The molecule has 0 bridgehead atoms. The highest BCUT2D eigenvalue weighted by molar-refractivity contribution is 7.12. The van der Waals surface area contributed by atoms with Crippen LogP contribution in [-0.4, -0.2) is 16.9 Å². The van der Waals surface area contributed by atoms with Crippen molar-refractivity contribution in [1.82, 2.24) is 5.32 Å². The first kappa shape index (κ1) is 9.14. The summed E-state index contributed by atoms with van der Waals surface area (Å²) in [6.07, 6.45) is 2.03. The second kappa shape index (κ2) is 3.38. The summed E-state index contributed by atoms with van der Waals surface area (Å²) in [5.74, 6) is -0.203. The fourth-order valence-electron chi connectivity index (χ4n) is 1.03. The van der Waals surface area contributed by atoms with Crippen molar-refractivity contribution >= 4 is 22.9 Å². The Kier molecular flexibility index (Phi) is 2.20. The Bertz CT molecular complexity index is 384. The molecule has 6 heteroatoms. The minimum atomic E-state index is -0.496. The monoisotopic (exact) mass is 212 g/mol. The molecule has 1 aliphatic rings. The number of carbonyl (C=O) groups is 1. The van der Waals surface area contributed by atoms with Gasteiger partial charge in [-0.1, -0.05) is 0 Å². The van der Waals surface area contributed by atoms with Crippen LogP contribution in [0.4, 0.5) is 5.69 Å². The molecule has 74 valence electrons. The van der Waals surface area contributed by atoms with Gasteiger partial charge < -0.3 is 5.32 Å². The number of nitro groups is 1. The molecule has 0 unspecified atom stereocenters. The average Bonchev–Trinajstić information content (AvgIpc) is 2.81. The molecule has 0 radical (unpaired) electrons. The highest BCUT2D eigenvalue weighted by atomic mass is 32.1. The van der Waals surface area contributed by atoms with Gasteiger partial charge in [0.05, 0.1) is 15.2 Å². The van der Waals surface area contributed by atoms with Crippen molar-refractivity contribution in [2.45, 2.75) is 18.9 Å². The second-order valence-corrected chi connectivity index (χ2v) is 4.09. The van der Waals surface area contributed by atoms with E-state index in [4.69, 9.17) is 0 Å². The Morgan fingerprint density at radius 3 is 2.86 bits per heavy atom. The number of thiophene rings is 1. The topological polar surface area (TPSA) is 72.2 Å². The average molecular weight is 212 g/mol. The molecule has 2 rings (SSSR count). The summed E-state index contributed by atoms with van der Waals surface area (Å²) < 4.78 is 0. The normalized spacial score (nSPS) is 15.1. The second-order valence-electron chi connectivity index (χ2n) is 3.17. The molecule has 1 N–H and O–H groups in total. The summed E-state index contributed by atoms with van der Waals surface area (Å²) in [4.78, 5) is 21.7. The fourth-order valence-corrected chi connectivity index (χ4v) is 1.78. The SMILES string of the molecule is O=C(NC1CC1)c1cc([N+](=O)[O-])cs1. The van der Waals surface area contributed by atoms with Crippen molar-refractivity contribution in [2.75, 3.05) is 0 Å². The summed E-state index contributed by atoms with van der Waals surface area (Å²) in [6.45, 7) is 0. The van der Waals surface area contributed by atoms with Crippen molar-refractivity contribution in [1.29, 1.82) is 0 Å². The smallest absolute Gasteiger partial charge is 0.280 e. The molecule has 1 heterocycles. The van der Waals surface area contributed by atoms with E-state index in [1.807, 2.05) is 0 Å². The Morgan fingerprint density at radius 2 is 2.36 bits per heavy atom. The van der Waals surface area contributed by atoms with Gasteiger partial charge in [0.1, 0.15) is 0 Å². The van der Waals surface area contributed by atoms with Crippen molar-refractivity contribution in [2.24, 2.45) is 0 Å². The van der Waals surface area contributed by atoms with Crippen LogP contribution < -0.4 is 5.32 Å². The van der Waals surface area contributed by atoms with Gasteiger partial charge in [-0.25, -0.2) is 0 Å². The zero-order chi connectivity index (χ0) is 10.1. The Balaban J connectivity index is 2.07. The zero-order valence-corrected chi connectivity index (χ0v) is 8.04. The van der Waals surface area contributed by atoms with Gasteiger partial charge in [-0.2, -0.15) is 0 Å². The molecule has 0 spiro atoms. The van der Waals surface area contributed by atoms with Gasteiger partial charge in [0.25, 0.3) is 11.6 Å². The summed E-state index contributed by atoms with van der Waals surface area (Å²) in [7, 11) is 0. The Labute approximate surface area is 83.9 Å². The minimum absolute atomic E-state index is 0.0176. The number of hydrogen-bond donors (Lipinski definition) is 1. The molecule has 1 aromatic rings. The van der Waals surface area contributed by atoms with Crippen molar-refractivity contribution in [3.63, 3.8) is 0 Å². The lowest BCUT2D eigenvalue weighted by Crippen LogP contribution is -2.24. The van der Waals surface area contributed by atoms with Crippen LogP contribution in [0, 0.1) is 10.1 Å².